The van der Waals surface area contributed by atoms with Gasteiger partial charge < -0.3 is 0 Å². The van der Waals surface area contributed by atoms with Crippen molar-refractivity contribution in [1.82, 2.24) is 9.78 Å². The Morgan fingerprint density at radius 1 is 1.30 bits per heavy atom. The molecule has 1 atom stereocenters. The number of aromatic nitrogens is 2. The lowest BCUT2D eigenvalue weighted by atomic mass is 9.84. The van der Waals surface area contributed by atoms with Crippen molar-refractivity contribution >= 4 is 29.3 Å². The Bertz CT molecular complexity index is 509. The molecule has 23 heavy (non-hydrogen) atoms. The molecule has 0 unspecified atom stereocenters. The highest BCUT2D eigenvalue weighted by molar-refractivity contribution is 8.18. The largest absolute Gasteiger partial charge is 0.290 e. The predicted octanol–water partition coefficient (Wildman–Crippen LogP) is 5.18. The first-order valence-electron chi connectivity index (χ1n) is 8.60. The van der Waals surface area contributed by atoms with Crippen LogP contribution in [0, 0.1) is 11.7 Å². The topological polar surface area (TPSA) is 34.9 Å². The van der Waals surface area contributed by atoms with Crippen LogP contribution in [0.2, 0.25) is 0 Å². The normalized spacial score (nSPS) is 17.6. The molecular formula is C17H27FN2OS2. The standard InChI is InChI=1S/C17H27FN2OS2/c1-4-22-17(23-5-2)16(21)15-14(18)11-19-20(15)12(3)13-9-7-6-8-10-13/h11-13,17H,4-10H2,1-3H3/t12-/m1/s1. The number of hydrogen-bond donors (Lipinski definition) is 0. The molecule has 130 valence electrons. The van der Waals surface area contributed by atoms with Gasteiger partial charge in [-0.3, -0.25) is 9.48 Å². The predicted molar refractivity (Wildman–Crippen MR) is 97.9 cm³/mol. The molecule has 3 nitrogen and oxygen atoms in total. The van der Waals surface area contributed by atoms with Crippen LogP contribution in [0.5, 0.6) is 0 Å². The zero-order chi connectivity index (χ0) is 16.8. The lowest BCUT2D eigenvalue weighted by molar-refractivity contribution is 0.0989. The molecular weight excluding hydrogens is 331 g/mol. The van der Waals surface area contributed by atoms with E-state index < -0.39 is 5.82 Å². The second-order valence-corrected chi connectivity index (χ2v) is 9.09. The Morgan fingerprint density at radius 2 is 1.91 bits per heavy atom. The van der Waals surface area contributed by atoms with Crippen LogP contribution < -0.4 is 0 Å². The molecule has 1 heterocycles. The molecule has 0 amide bonds. The summed E-state index contributed by atoms with van der Waals surface area (Å²) in [6, 6.07) is 0.0812. The fourth-order valence-corrected chi connectivity index (χ4v) is 5.64. The van der Waals surface area contributed by atoms with Crippen molar-refractivity contribution in [2.75, 3.05) is 11.5 Å². The van der Waals surface area contributed by atoms with Gasteiger partial charge in [-0.15, -0.1) is 23.5 Å². The number of halogens is 1. The minimum Gasteiger partial charge on any atom is -0.290 e. The van der Waals surface area contributed by atoms with Crippen LogP contribution >= 0.6 is 23.5 Å². The van der Waals surface area contributed by atoms with E-state index in [1.807, 2.05) is 13.8 Å². The third-order valence-corrected chi connectivity index (χ3v) is 7.07. The lowest BCUT2D eigenvalue weighted by Crippen LogP contribution is -2.26. The van der Waals surface area contributed by atoms with E-state index in [4.69, 9.17) is 0 Å². The van der Waals surface area contributed by atoms with E-state index in [1.54, 1.807) is 28.2 Å². The molecule has 1 aliphatic carbocycles. The number of carbonyl (C=O) groups excluding carboxylic acids is 1. The van der Waals surface area contributed by atoms with Crippen LogP contribution in [-0.2, 0) is 0 Å². The molecule has 0 radical (unpaired) electrons. The molecule has 1 aromatic heterocycles. The highest BCUT2D eigenvalue weighted by atomic mass is 32.2. The Labute approximate surface area is 147 Å². The summed E-state index contributed by atoms with van der Waals surface area (Å²) in [5.41, 5.74) is 0.176. The van der Waals surface area contributed by atoms with Gasteiger partial charge in [0, 0.05) is 0 Å². The van der Waals surface area contributed by atoms with E-state index in [0.29, 0.717) is 5.92 Å². The van der Waals surface area contributed by atoms with Crippen molar-refractivity contribution in [2.45, 2.75) is 63.5 Å². The zero-order valence-corrected chi connectivity index (χ0v) is 15.9. The first-order valence-corrected chi connectivity index (χ1v) is 10.7. The summed E-state index contributed by atoms with van der Waals surface area (Å²) in [5, 5.41) is 4.22. The van der Waals surface area contributed by atoms with Crippen molar-refractivity contribution in [3.8, 4) is 0 Å². The quantitative estimate of drug-likeness (QED) is 0.474. The molecule has 0 spiro atoms. The maximum Gasteiger partial charge on any atom is 0.206 e. The molecule has 0 saturated heterocycles. The van der Waals surface area contributed by atoms with Gasteiger partial charge in [0.25, 0.3) is 0 Å². The van der Waals surface area contributed by atoms with Crippen molar-refractivity contribution in [2.24, 2.45) is 5.92 Å². The van der Waals surface area contributed by atoms with Crippen molar-refractivity contribution in [3.63, 3.8) is 0 Å². The number of rotatable bonds is 8. The van der Waals surface area contributed by atoms with Gasteiger partial charge >= 0.3 is 0 Å². The van der Waals surface area contributed by atoms with Gasteiger partial charge in [-0.2, -0.15) is 5.10 Å². The Kier molecular flexibility index (Phi) is 7.47. The summed E-state index contributed by atoms with van der Waals surface area (Å²) in [4.78, 5) is 12.9. The first kappa shape index (κ1) is 18.8. The van der Waals surface area contributed by atoms with Crippen molar-refractivity contribution < 1.29 is 9.18 Å². The Balaban J connectivity index is 2.24. The van der Waals surface area contributed by atoms with Gasteiger partial charge in [-0.25, -0.2) is 4.39 Å². The molecule has 6 heteroatoms. The molecule has 0 bridgehead atoms. The summed E-state index contributed by atoms with van der Waals surface area (Å²) in [6.07, 6.45) is 7.23. The van der Waals surface area contributed by atoms with Crippen molar-refractivity contribution in [3.05, 3.63) is 17.7 Å². The van der Waals surface area contributed by atoms with Crippen LogP contribution in [-0.4, -0.2) is 31.7 Å². The van der Waals surface area contributed by atoms with Crippen molar-refractivity contribution in [1.29, 1.82) is 0 Å². The number of nitrogens with zero attached hydrogens (tertiary/aromatic N) is 2. The number of carbonyl (C=O) groups is 1. The van der Waals surface area contributed by atoms with E-state index in [1.165, 1.54) is 25.5 Å². The molecule has 1 fully saturated rings. The van der Waals surface area contributed by atoms with Crippen LogP contribution in [0.1, 0.15) is 69.4 Å². The van der Waals surface area contributed by atoms with E-state index in [-0.39, 0.29) is 22.1 Å². The number of thioether (sulfide) groups is 2. The smallest absolute Gasteiger partial charge is 0.206 e. The second-order valence-electron chi connectivity index (χ2n) is 6.03. The monoisotopic (exact) mass is 358 g/mol. The molecule has 1 aromatic rings. The van der Waals surface area contributed by atoms with Gasteiger partial charge in [-0.05, 0) is 37.2 Å². The molecule has 1 aliphatic rings. The summed E-state index contributed by atoms with van der Waals surface area (Å²) >= 11 is 3.16. The first-order chi connectivity index (χ1) is 11.1. The molecule has 1 saturated carbocycles. The SMILES string of the molecule is CCSC(SCC)C(=O)c1c(F)cnn1[C@H](C)C1CCCCC1. The number of ketones is 1. The Hall–Kier alpha value is -0.490. The van der Waals surface area contributed by atoms with Crippen LogP contribution in [0.4, 0.5) is 4.39 Å². The van der Waals surface area contributed by atoms with Gasteiger partial charge in [0.05, 0.1) is 12.2 Å². The maximum absolute atomic E-state index is 14.3. The van der Waals surface area contributed by atoms with Gasteiger partial charge in [0.2, 0.25) is 5.78 Å². The summed E-state index contributed by atoms with van der Waals surface area (Å²) < 4.78 is 15.7. The summed E-state index contributed by atoms with van der Waals surface area (Å²) in [5.74, 6) is 1.58. The summed E-state index contributed by atoms with van der Waals surface area (Å²) in [7, 11) is 0. The van der Waals surface area contributed by atoms with E-state index >= 15 is 0 Å². The van der Waals surface area contributed by atoms with Gasteiger partial charge in [0.1, 0.15) is 10.3 Å². The average molecular weight is 359 g/mol. The van der Waals surface area contributed by atoms with E-state index in [9.17, 15) is 9.18 Å². The summed E-state index contributed by atoms with van der Waals surface area (Å²) in [6.45, 7) is 6.13. The zero-order valence-electron chi connectivity index (χ0n) is 14.3. The average Bonchev–Trinajstić information content (AvgIpc) is 2.95. The maximum atomic E-state index is 14.3. The minimum atomic E-state index is -0.476. The lowest BCUT2D eigenvalue weighted by Gasteiger charge is -2.29. The molecule has 0 aliphatic heterocycles. The molecule has 0 N–H and O–H groups in total. The highest BCUT2D eigenvalue weighted by Crippen LogP contribution is 2.35. The number of Topliss-reactive ketones (excluding diaryl/α,β-unsaturated/α-hetero) is 1. The fraction of sp³-hybridized carbons (Fsp3) is 0.765. The third kappa shape index (κ3) is 4.53. The minimum absolute atomic E-state index is 0.0812. The molecule has 0 aromatic carbocycles. The van der Waals surface area contributed by atoms with E-state index in [2.05, 4.69) is 12.0 Å². The second kappa shape index (κ2) is 9.11. The third-order valence-electron chi connectivity index (χ3n) is 4.55. The van der Waals surface area contributed by atoms with E-state index in [0.717, 1.165) is 24.3 Å². The molecule has 2 rings (SSSR count). The number of hydrogen-bond acceptors (Lipinski definition) is 4. The van der Waals surface area contributed by atoms with Gasteiger partial charge in [-0.1, -0.05) is 33.1 Å². The van der Waals surface area contributed by atoms with Crippen LogP contribution in [0.25, 0.3) is 0 Å². The Morgan fingerprint density at radius 3 is 2.48 bits per heavy atom. The van der Waals surface area contributed by atoms with Crippen LogP contribution in [0.3, 0.4) is 0 Å². The highest BCUT2D eigenvalue weighted by Gasteiger charge is 2.31. The van der Waals surface area contributed by atoms with Gasteiger partial charge in [0.15, 0.2) is 5.82 Å². The van der Waals surface area contributed by atoms with Crippen LogP contribution in [0.15, 0.2) is 6.20 Å². The fourth-order valence-electron chi connectivity index (χ4n) is 3.31.